The summed E-state index contributed by atoms with van der Waals surface area (Å²) < 4.78 is 24.2. The molecule has 154 valence electrons. The zero-order chi connectivity index (χ0) is 21.4. The summed E-state index contributed by atoms with van der Waals surface area (Å²) in [5.74, 6) is -1.84. The standard InChI is InChI=1S/C19H19BrFN3O5/c1-28-18(26)8-14(9-19(27)29-2)24-11-13(10-22-24)23-17(25)6-4-12-3-5-16(21)15(20)7-12/h3-7,10-11,14H,8-9H2,1-2H3,(H,23,25). The molecule has 8 nitrogen and oxygen atoms in total. The summed E-state index contributed by atoms with van der Waals surface area (Å²) in [5, 5.41) is 6.72. The van der Waals surface area contributed by atoms with Gasteiger partial charge >= 0.3 is 11.9 Å². The Morgan fingerprint density at radius 3 is 2.48 bits per heavy atom. The van der Waals surface area contributed by atoms with E-state index in [1.54, 1.807) is 6.07 Å². The van der Waals surface area contributed by atoms with Gasteiger partial charge in [-0.25, -0.2) is 4.39 Å². The van der Waals surface area contributed by atoms with Crippen LogP contribution in [0.3, 0.4) is 0 Å². The number of methoxy groups -OCH3 is 2. The minimum absolute atomic E-state index is 0.0833. The van der Waals surface area contributed by atoms with E-state index < -0.39 is 29.7 Å². The molecule has 0 spiro atoms. The van der Waals surface area contributed by atoms with Crippen LogP contribution in [-0.2, 0) is 23.9 Å². The molecule has 0 fully saturated rings. The Morgan fingerprint density at radius 1 is 1.24 bits per heavy atom. The van der Waals surface area contributed by atoms with Crippen molar-refractivity contribution in [2.24, 2.45) is 0 Å². The Kier molecular flexibility index (Phi) is 8.08. The fraction of sp³-hybridized carbons (Fsp3) is 0.263. The molecule has 0 bridgehead atoms. The molecule has 2 aromatic rings. The molecule has 0 atom stereocenters. The molecule has 0 aliphatic rings. The van der Waals surface area contributed by atoms with Gasteiger partial charge in [-0.1, -0.05) is 6.07 Å². The number of aromatic nitrogens is 2. The summed E-state index contributed by atoms with van der Waals surface area (Å²) >= 11 is 3.08. The molecule has 29 heavy (non-hydrogen) atoms. The van der Waals surface area contributed by atoms with Crippen LogP contribution in [0, 0.1) is 5.82 Å². The fourth-order valence-corrected chi connectivity index (χ4v) is 2.78. The lowest BCUT2D eigenvalue weighted by Gasteiger charge is -2.15. The van der Waals surface area contributed by atoms with Gasteiger partial charge in [0.2, 0.25) is 5.91 Å². The molecule has 10 heteroatoms. The van der Waals surface area contributed by atoms with E-state index in [4.69, 9.17) is 0 Å². The van der Waals surface area contributed by atoms with Crippen molar-refractivity contribution in [2.45, 2.75) is 18.9 Å². The molecular weight excluding hydrogens is 449 g/mol. The molecule has 1 aromatic heterocycles. The second kappa shape index (κ2) is 10.5. The number of anilines is 1. The summed E-state index contributed by atoms with van der Waals surface area (Å²) in [6.45, 7) is 0. The molecule has 2 rings (SSSR count). The quantitative estimate of drug-likeness (QED) is 0.472. The van der Waals surface area contributed by atoms with Crippen LogP contribution in [0.15, 0.2) is 41.1 Å². The third kappa shape index (κ3) is 6.83. The van der Waals surface area contributed by atoms with Gasteiger partial charge in [-0.3, -0.25) is 19.1 Å². The first-order valence-corrected chi connectivity index (χ1v) is 9.23. The van der Waals surface area contributed by atoms with Crippen molar-refractivity contribution in [1.82, 2.24) is 9.78 Å². The van der Waals surface area contributed by atoms with Gasteiger partial charge in [0.25, 0.3) is 0 Å². The molecular formula is C19H19BrFN3O5. The largest absolute Gasteiger partial charge is 0.469 e. The van der Waals surface area contributed by atoms with E-state index in [0.717, 1.165) is 0 Å². The van der Waals surface area contributed by atoms with Crippen LogP contribution < -0.4 is 5.32 Å². The van der Waals surface area contributed by atoms with E-state index in [-0.39, 0.29) is 12.8 Å². The highest BCUT2D eigenvalue weighted by Gasteiger charge is 2.21. The average Bonchev–Trinajstić information content (AvgIpc) is 3.16. The number of nitrogens with one attached hydrogen (secondary N) is 1. The van der Waals surface area contributed by atoms with E-state index in [0.29, 0.717) is 15.7 Å². The van der Waals surface area contributed by atoms with Crippen molar-refractivity contribution < 1.29 is 28.2 Å². The second-order valence-corrected chi connectivity index (χ2v) is 6.77. The third-order valence-corrected chi connectivity index (χ3v) is 4.48. The van der Waals surface area contributed by atoms with E-state index in [1.165, 1.54) is 55.6 Å². The molecule has 1 heterocycles. The summed E-state index contributed by atoms with van der Waals surface area (Å²) in [4.78, 5) is 35.3. The highest BCUT2D eigenvalue weighted by atomic mass is 79.9. The molecule has 0 saturated carbocycles. The molecule has 0 aliphatic heterocycles. The monoisotopic (exact) mass is 467 g/mol. The smallest absolute Gasteiger partial charge is 0.307 e. The number of rotatable bonds is 8. The molecule has 0 unspecified atom stereocenters. The molecule has 1 amide bonds. The van der Waals surface area contributed by atoms with E-state index >= 15 is 0 Å². The highest BCUT2D eigenvalue weighted by molar-refractivity contribution is 9.10. The van der Waals surface area contributed by atoms with E-state index in [1.807, 2.05) is 0 Å². The van der Waals surface area contributed by atoms with Crippen LogP contribution in [0.1, 0.15) is 24.4 Å². The van der Waals surface area contributed by atoms with Crippen molar-refractivity contribution in [3.8, 4) is 0 Å². The first-order valence-electron chi connectivity index (χ1n) is 8.44. The Labute approximate surface area is 174 Å². The lowest BCUT2D eigenvalue weighted by molar-refractivity contribution is -0.144. The number of hydrogen-bond acceptors (Lipinski definition) is 6. The van der Waals surface area contributed by atoms with Gasteiger partial charge in [0, 0.05) is 12.3 Å². The number of amides is 1. The van der Waals surface area contributed by atoms with Crippen LogP contribution in [0.2, 0.25) is 0 Å². The lowest BCUT2D eigenvalue weighted by atomic mass is 10.1. The summed E-state index contributed by atoms with van der Waals surface area (Å²) in [6, 6.07) is 3.75. The molecule has 0 saturated heterocycles. The first-order chi connectivity index (χ1) is 13.8. The SMILES string of the molecule is COC(=O)CC(CC(=O)OC)n1cc(NC(=O)C=Cc2ccc(F)c(Br)c2)cn1. The number of carbonyl (C=O) groups excluding carboxylic acids is 3. The first kappa shape index (κ1) is 22.3. The number of benzene rings is 1. The normalized spacial score (nSPS) is 10.9. The Bertz CT molecular complexity index is 910. The Balaban J connectivity index is 2.05. The van der Waals surface area contributed by atoms with E-state index in [9.17, 15) is 18.8 Å². The third-order valence-electron chi connectivity index (χ3n) is 3.87. The predicted octanol–water partition coefficient (Wildman–Crippen LogP) is 3.10. The minimum Gasteiger partial charge on any atom is -0.469 e. The van der Waals surface area contributed by atoms with Crippen LogP contribution in [0.4, 0.5) is 10.1 Å². The summed E-state index contributed by atoms with van der Waals surface area (Å²) in [5.41, 5.74) is 1.01. The van der Waals surface area contributed by atoms with Crippen LogP contribution in [0.25, 0.3) is 6.08 Å². The highest BCUT2D eigenvalue weighted by Crippen LogP contribution is 2.20. The predicted molar refractivity (Wildman–Crippen MR) is 106 cm³/mol. The molecule has 0 radical (unpaired) electrons. The summed E-state index contributed by atoms with van der Waals surface area (Å²) in [7, 11) is 2.50. The van der Waals surface area contributed by atoms with Crippen molar-refractivity contribution >= 4 is 45.5 Å². The Hall–Kier alpha value is -3.01. The number of carbonyl (C=O) groups is 3. The number of esters is 2. The number of ether oxygens (including phenoxy) is 2. The van der Waals surface area contributed by atoms with E-state index in [2.05, 4.69) is 35.8 Å². The summed E-state index contributed by atoms with van der Waals surface area (Å²) in [6.07, 6.45) is 5.54. The number of halogens is 2. The maximum absolute atomic E-state index is 13.2. The van der Waals surface area contributed by atoms with Gasteiger partial charge < -0.3 is 14.8 Å². The van der Waals surface area contributed by atoms with Gasteiger partial charge in [0.05, 0.1) is 49.5 Å². The van der Waals surface area contributed by atoms with Crippen LogP contribution in [-0.4, -0.2) is 41.8 Å². The zero-order valence-corrected chi connectivity index (χ0v) is 17.3. The maximum Gasteiger partial charge on any atom is 0.307 e. The van der Waals surface area contributed by atoms with Crippen LogP contribution in [0.5, 0.6) is 0 Å². The lowest BCUT2D eigenvalue weighted by Crippen LogP contribution is -2.19. The minimum atomic E-state index is -0.618. The number of nitrogens with zero attached hydrogens (tertiary/aromatic N) is 2. The zero-order valence-electron chi connectivity index (χ0n) is 15.7. The van der Waals surface area contributed by atoms with Gasteiger partial charge in [0.1, 0.15) is 5.82 Å². The van der Waals surface area contributed by atoms with Crippen molar-refractivity contribution in [1.29, 1.82) is 0 Å². The van der Waals surface area contributed by atoms with Gasteiger partial charge in [0.15, 0.2) is 0 Å². The van der Waals surface area contributed by atoms with Gasteiger partial charge in [-0.15, -0.1) is 0 Å². The molecule has 0 aliphatic carbocycles. The fourth-order valence-electron chi connectivity index (χ4n) is 2.38. The maximum atomic E-state index is 13.2. The van der Waals surface area contributed by atoms with Gasteiger partial charge in [-0.2, -0.15) is 5.10 Å². The Morgan fingerprint density at radius 2 is 1.90 bits per heavy atom. The number of hydrogen-bond donors (Lipinski definition) is 1. The average molecular weight is 468 g/mol. The van der Waals surface area contributed by atoms with Crippen molar-refractivity contribution in [3.05, 3.63) is 52.5 Å². The van der Waals surface area contributed by atoms with Crippen molar-refractivity contribution in [2.75, 3.05) is 19.5 Å². The van der Waals surface area contributed by atoms with Crippen LogP contribution >= 0.6 is 15.9 Å². The van der Waals surface area contributed by atoms with Gasteiger partial charge in [-0.05, 0) is 39.7 Å². The second-order valence-electron chi connectivity index (χ2n) is 5.92. The molecule has 1 aromatic carbocycles. The molecule has 1 N–H and O–H groups in total. The topological polar surface area (TPSA) is 99.5 Å². The van der Waals surface area contributed by atoms with Crippen molar-refractivity contribution in [3.63, 3.8) is 0 Å².